The Morgan fingerprint density at radius 2 is 1.91 bits per heavy atom. The molecular formula is C25H31N5O2. The van der Waals surface area contributed by atoms with Crippen LogP contribution in [0.15, 0.2) is 67.3 Å². The molecule has 168 valence electrons. The van der Waals surface area contributed by atoms with Crippen molar-refractivity contribution < 1.29 is 9.53 Å². The summed E-state index contributed by atoms with van der Waals surface area (Å²) in [6, 6.07) is 19.0. The van der Waals surface area contributed by atoms with E-state index in [1.807, 2.05) is 47.4 Å². The van der Waals surface area contributed by atoms with E-state index >= 15 is 0 Å². The van der Waals surface area contributed by atoms with Crippen LogP contribution in [0.4, 0.5) is 0 Å². The Morgan fingerprint density at radius 3 is 2.69 bits per heavy atom. The number of rotatable bonds is 6. The van der Waals surface area contributed by atoms with Crippen molar-refractivity contribution in [1.82, 2.24) is 26.4 Å². The summed E-state index contributed by atoms with van der Waals surface area (Å²) in [7, 11) is 0. The van der Waals surface area contributed by atoms with Crippen molar-refractivity contribution in [2.45, 2.75) is 37.1 Å². The fraction of sp³-hybridized carbons (Fsp3) is 0.400. The van der Waals surface area contributed by atoms with Gasteiger partial charge in [0.1, 0.15) is 11.5 Å². The second kappa shape index (κ2) is 9.42. The molecule has 3 heterocycles. The number of nitrogens with zero attached hydrogens (tertiary/aromatic N) is 1. The van der Waals surface area contributed by atoms with Gasteiger partial charge in [-0.05, 0) is 54.7 Å². The highest BCUT2D eigenvalue weighted by Crippen LogP contribution is 2.33. The van der Waals surface area contributed by atoms with Crippen LogP contribution in [-0.4, -0.2) is 48.7 Å². The van der Waals surface area contributed by atoms with Crippen LogP contribution in [-0.2, 0) is 4.79 Å². The van der Waals surface area contributed by atoms with E-state index in [9.17, 15) is 4.79 Å². The first-order chi connectivity index (χ1) is 15.7. The van der Waals surface area contributed by atoms with E-state index in [1.54, 1.807) is 0 Å². The standard InChI is InChI=1S/C25H31N5O2/c1-2-23(31)30-13-12-19(16-30)27-22-14-18-15-26-29-25(18)24(28-22)17-8-10-21(11-9-17)32-20-6-4-3-5-7-20/h2-11,18-19,22,24-29H,1,12-16H2. The van der Waals surface area contributed by atoms with Gasteiger partial charge in [-0.3, -0.25) is 26.3 Å². The number of amides is 1. The molecule has 1 amide bonds. The van der Waals surface area contributed by atoms with Gasteiger partial charge >= 0.3 is 0 Å². The zero-order chi connectivity index (χ0) is 21.9. The number of carbonyl (C=O) groups excluding carboxylic acids is 1. The van der Waals surface area contributed by atoms with Crippen LogP contribution in [0.25, 0.3) is 0 Å². The molecule has 0 aromatic heterocycles. The maximum Gasteiger partial charge on any atom is 0.246 e. The lowest BCUT2D eigenvalue weighted by Gasteiger charge is -2.40. The Kier molecular flexibility index (Phi) is 6.23. The summed E-state index contributed by atoms with van der Waals surface area (Å²) in [6.45, 7) is 6.10. The quantitative estimate of drug-likeness (QED) is 0.524. The van der Waals surface area contributed by atoms with Crippen LogP contribution in [0.5, 0.6) is 11.5 Å². The second-order valence-corrected chi connectivity index (χ2v) is 8.87. The molecule has 0 bridgehead atoms. The Labute approximate surface area is 189 Å². The normalized spacial score (nSPS) is 29.5. The summed E-state index contributed by atoms with van der Waals surface area (Å²) in [5.41, 5.74) is 8.05. The van der Waals surface area contributed by atoms with E-state index < -0.39 is 0 Å². The molecular weight excluding hydrogens is 402 g/mol. The van der Waals surface area contributed by atoms with Gasteiger partial charge in [0.05, 0.1) is 12.2 Å². The van der Waals surface area contributed by atoms with E-state index in [4.69, 9.17) is 4.74 Å². The average Bonchev–Trinajstić information content (AvgIpc) is 3.49. The molecule has 2 aromatic rings. The highest BCUT2D eigenvalue weighted by Gasteiger charge is 2.41. The van der Waals surface area contributed by atoms with Crippen molar-refractivity contribution in [2.24, 2.45) is 5.92 Å². The van der Waals surface area contributed by atoms with Crippen LogP contribution in [0.1, 0.15) is 24.4 Å². The summed E-state index contributed by atoms with van der Waals surface area (Å²) >= 11 is 0. The predicted molar refractivity (Wildman–Crippen MR) is 124 cm³/mol. The minimum Gasteiger partial charge on any atom is -0.457 e. The van der Waals surface area contributed by atoms with Gasteiger partial charge in [0.25, 0.3) is 0 Å². The van der Waals surface area contributed by atoms with Crippen LogP contribution in [0, 0.1) is 5.92 Å². The maximum atomic E-state index is 11.9. The predicted octanol–water partition coefficient (Wildman–Crippen LogP) is 2.31. The molecule has 3 aliphatic rings. The van der Waals surface area contributed by atoms with E-state index in [-0.39, 0.29) is 18.1 Å². The molecule has 32 heavy (non-hydrogen) atoms. The highest BCUT2D eigenvalue weighted by molar-refractivity contribution is 5.87. The highest BCUT2D eigenvalue weighted by atomic mass is 16.5. The maximum absolute atomic E-state index is 11.9. The summed E-state index contributed by atoms with van der Waals surface area (Å²) in [5.74, 6) is 2.22. The SMILES string of the molecule is C=CC(=O)N1CCC(NC2CC3CNNC3C(c3ccc(Oc4ccccc4)cc3)N2)C1. The lowest BCUT2D eigenvalue weighted by atomic mass is 9.83. The molecule has 7 heteroatoms. The first-order valence-corrected chi connectivity index (χ1v) is 11.4. The van der Waals surface area contributed by atoms with Gasteiger partial charge in [-0.25, -0.2) is 0 Å². The van der Waals surface area contributed by atoms with Gasteiger partial charge in [-0.2, -0.15) is 0 Å². The van der Waals surface area contributed by atoms with Crippen LogP contribution < -0.4 is 26.2 Å². The topological polar surface area (TPSA) is 77.7 Å². The van der Waals surface area contributed by atoms with E-state index in [0.29, 0.717) is 18.0 Å². The average molecular weight is 434 g/mol. The van der Waals surface area contributed by atoms with Crippen molar-refractivity contribution in [2.75, 3.05) is 19.6 Å². The molecule has 3 fully saturated rings. The summed E-state index contributed by atoms with van der Waals surface area (Å²) in [6.07, 6.45) is 3.62. The number of ether oxygens (including phenoxy) is 1. The third-order valence-corrected chi connectivity index (χ3v) is 6.75. The molecule has 0 saturated carbocycles. The number of hydrogen-bond acceptors (Lipinski definition) is 6. The van der Waals surface area contributed by atoms with Crippen LogP contribution in [0.3, 0.4) is 0 Å². The lowest BCUT2D eigenvalue weighted by molar-refractivity contribution is -0.125. The van der Waals surface area contributed by atoms with Crippen molar-refractivity contribution >= 4 is 5.91 Å². The summed E-state index contributed by atoms with van der Waals surface area (Å²) in [5, 5.41) is 7.58. The van der Waals surface area contributed by atoms with Crippen molar-refractivity contribution in [3.05, 3.63) is 72.8 Å². The number of piperidine rings is 1. The molecule has 5 atom stereocenters. The number of likely N-dealkylation sites (tertiary alicyclic amines) is 1. The number of benzene rings is 2. The van der Waals surface area contributed by atoms with E-state index in [2.05, 4.69) is 40.2 Å². The first-order valence-electron chi connectivity index (χ1n) is 11.4. The van der Waals surface area contributed by atoms with Crippen LogP contribution >= 0.6 is 0 Å². The van der Waals surface area contributed by atoms with Gasteiger partial charge in [-0.1, -0.05) is 36.9 Å². The minimum absolute atomic E-state index is 0.0193. The van der Waals surface area contributed by atoms with Crippen molar-refractivity contribution in [3.63, 3.8) is 0 Å². The molecule has 5 rings (SSSR count). The number of fused-ring (bicyclic) bond motifs is 1. The Hall–Kier alpha value is -2.71. The molecule has 3 saturated heterocycles. The minimum atomic E-state index is 0.0193. The number of para-hydroxylation sites is 1. The van der Waals surface area contributed by atoms with Crippen LogP contribution in [0.2, 0.25) is 0 Å². The Balaban J connectivity index is 1.25. The Bertz CT molecular complexity index is 935. The molecule has 0 aliphatic carbocycles. The molecule has 3 aliphatic heterocycles. The number of carbonyl (C=O) groups is 1. The van der Waals surface area contributed by atoms with Gasteiger partial charge in [0.15, 0.2) is 0 Å². The van der Waals surface area contributed by atoms with Gasteiger partial charge in [0, 0.05) is 31.7 Å². The molecule has 0 radical (unpaired) electrons. The van der Waals surface area contributed by atoms with Gasteiger partial charge in [0.2, 0.25) is 5.91 Å². The second-order valence-electron chi connectivity index (χ2n) is 8.87. The molecule has 4 N–H and O–H groups in total. The monoisotopic (exact) mass is 433 g/mol. The molecule has 0 spiro atoms. The molecule has 7 nitrogen and oxygen atoms in total. The van der Waals surface area contributed by atoms with E-state index in [1.165, 1.54) is 11.6 Å². The lowest BCUT2D eigenvalue weighted by Crippen LogP contribution is -2.58. The largest absolute Gasteiger partial charge is 0.457 e. The molecule has 5 unspecified atom stereocenters. The van der Waals surface area contributed by atoms with Gasteiger partial charge in [-0.15, -0.1) is 0 Å². The number of nitrogens with one attached hydrogen (secondary N) is 4. The zero-order valence-corrected chi connectivity index (χ0v) is 18.2. The molecule has 2 aromatic carbocycles. The third-order valence-electron chi connectivity index (χ3n) is 6.75. The zero-order valence-electron chi connectivity index (χ0n) is 18.2. The number of hydrogen-bond donors (Lipinski definition) is 4. The van der Waals surface area contributed by atoms with Crippen molar-refractivity contribution in [1.29, 1.82) is 0 Å². The van der Waals surface area contributed by atoms with Crippen molar-refractivity contribution in [3.8, 4) is 11.5 Å². The summed E-state index contributed by atoms with van der Waals surface area (Å²) in [4.78, 5) is 13.8. The van der Waals surface area contributed by atoms with Gasteiger partial charge < -0.3 is 9.64 Å². The fourth-order valence-electron chi connectivity index (χ4n) is 5.13. The smallest absolute Gasteiger partial charge is 0.246 e. The third kappa shape index (κ3) is 4.56. The number of hydrazine groups is 1. The summed E-state index contributed by atoms with van der Waals surface area (Å²) < 4.78 is 5.96. The Morgan fingerprint density at radius 1 is 1.12 bits per heavy atom. The fourth-order valence-corrected chi connectivity index (χ4v) is 5.13. The van der Waals surface area contributed by atoms with E-state index in [0.717, 1.165) is 44.0 Å². The first kappa shape index (κ1) is 21.2.